The van der Waals surface area contributed by atoms with Crippen molar-refractivity contribution in [2.24, 2.45) is 5.92 Å². The fraction of sp³-hybridized carbons (Fsp3) is 0.519. The summed E-state index contributed by atoms with van der Waals surface area (Å²) in [6.45, 7) is 7.13. The molecule has 186 valence electrons. The van der Waals surface area contributed by atoms with E-state index >= 15 is 0 Å². The minimum absolute atomic E-state index is 0.0115. The van der Waals surface area contributed by atoms with Gasteiger partial charge in [-0.2, -0.15) is 0 Å². The van der Waals surface area contributed by atoms with E-state index in [0.717, 1.165) is 24.1 Å². The third-order valence-corrected chi connectivity index (χ3v) is 7.79. The van der Waals surface area contributed by atoms with Gasteiger partial charge in [-0.25, -0.2) is 4.98 Å². The van der Waals surface area contributed by atoms with Crippen molar-refractivity contribution in [1.29, 1.82) is 0 Å². The van der Waals surface area contributed by atoms with Crippen molar-refractivity contribution >= 4 is 16.9 Å². The molecule has 0 aliphatic carbocycles. The maximum Gasteiger partial charge on any atom is 0.262 e. The standard InChI is InChI=1S/C27H35N5O3/c1-19(2)32-15-10-22-24(32)29-18-31(25(22)33)17-20-8-13-30(14-9-20)26(34)27(35)11-12-28-16-23(27)21-6-4-3-5-7-21/h3-7,10,15,18-20,23,28,35H,8-9,11-14,16-17H2,1-2H3/t23-,27+/m0/s1. The zero-order chi connectivity index (χ0) is 24.6. The summed E-state index contributed by atoms with van der Waals surface area (Å²) in [5, 5.41) is 15.6. The summed E-state index contributed by atoms with van der Waals surface area (Å²) in [5.74, 6) is -0.144. The van der Waals surface area contributed by atoms with Crippen LogP contribution in [0.2, 0.25) is 0 Å². The molecule has 0 saturated carbocycles. The highest BCUT2D eigenvalue weighted by atomic mass is 16.3. The number of fused-ring (bicyclic) bond motifs is 1. The summed E-state index contributed by atoms with van der Waals surface area (Å²) in [7, 11) is 0. The Balaban J connectivity index is 1.26. The van der Waals surface area contributed by atoms with Gasteiger partial charge in [-0.15, -0.1) is 0 Å². The van der Waals surface area contributed by atoms with Gasteiger partial charge in [0.25, 0.3) is 11.5 Å². The number of carbonyl (C=O) groups excluding carboxylic acids is 1. The Bertz CT molecular complexity index is 1240. The van der Waals surface area contributed by atoms with Gasteiger partial charge in [-0.3, -0.25) is 14.2 Å². The SMILES string of the molecule is CC(C)n1ccc2c(=O)n(CC3CCN(C(=O)[C@@]4(O)CCNC[C@H]4c4ccccc4)CC3)cnc21. The van der Waals surface area contributed by atoms with Gasteiger partial charge >= 0.3 is 0 Å². The summed E-state index contributed by atoms with van der Waals surface area (Å²) in [6, 6.07) is 11.9. The van der Waals surface area contributed by atoms with Crippen LogP contribution in [0, 0.1) is 5.92 Å². The van der Waals surface area contributed by atoms with E-state index in [0.29, 0.717) is 44.5 Å². The number of aliphatic hydroxyl groups is 1. The number of nitrogens with one attached hydrogen (secondary N) is 1. The molecule has 4 heterocycles. The van der Waals surface area contributed by atoms with E-state index in [4.69, 9.17) is 0 Å². The number of aromatic nitrogens is 3. The summed E-state index contributed by atoms with van der Waals surface area (Å²) in [5.41, 5.74) is 0.307. The quantitative estimate of drug-likeness (QED) is 0.589. The lowest BCUT2D eigenvalue weighted by molar-refractivity contribution is -0.158. The number of nitrogens with zero attached hydrogens (tertiary/aromatic N) is 4. The highest BCUT2D eigenvalue weighted by molar-refractivity contribution is 5.86. The Morgan fingerprint density at radius 1 is 1.20 bits per heavy atom. The number of amides is 1. The van der Waals surface area contributed by atoms with Gasteiger partial charge in [0.15, 0.2) is 5.60 Å². The van der Waals surface area contributed by atoms with E-state index in [2.05, 4.69) is 24.1 Å². The lowest BCUT2D eigenvalue weighted by atomic mass is 9.76. The molecular weight excluding hydrogens is 442 g/mol. The van der Waals surface area contributed by atoms with Crippen LogP contribution in [0.25, 0.3) is 11.0 Å². The molecule has 1 amide bonds. The molecule has 3 aromatic rings. The van der Waals surface area contributed by atoms with Crippen molar-refractivity contribution in [2.75, 3.05) is 26.2 Å². The lowest BCUT2D eigenvalue weighted by Gasteiger charge is -2.43. The Morgan fingerprint density at radius 2 is 1.94 bits per heavy atom. The predicted molar refractivity (Wildman–Crippen MR) is 135 cm³/mol. The number of piperidine rings is 2. The molecule has 2 N–H and O–H groups in total. The van der Waals surface area contributed by atoms with Gasteiger partial charge in [0.1, 0.15) is 5.65 Å². The van der Waals surface area contributed by atoms with E-state index in [9.17, 15) is 14.7 Å². The number of likely N-dealkylation sites (tertiary alicyclic amines) is 1. The highest BCUT2D eigenvalue weighted by Crippen LogP contribution is 2.36. The maximum atomic E-state index is 13.6. The first-order chi connectivity index (χ1) is 16.9. The molecule has 0 radical (unpaired) electrons. The number of benzene rings is 1. The topological polar surface area (TPSA) is 92.4 Å². The van der Waals surface area contributed by atoms with Gasteiger partial charge in [0.05, 0.1) is 11.7 Å². The van der Waals surface area contributed by atoms with Gasteiger partial charge in [0.2, 0.25) is 0 Å². The Labute approximate surface area is 205 Å². The van der Waals surface area contributed by atoms with Crippen LogP contribution in [0.15, 0.2) is 53.7 Å². The third kappa shape index (κ3) is 4.41. The molecule has 0 bridgehead atoms. The van der Waals surface area contributed by atoms with Gasteiger partial charge < -0.3 is 19.9 Å². The number of rotatable bonds is 5. The van der Waals surface area contributed by atoms with Crippen LogP contribution < -0.4 is 10.9 Å². The summed E-state index contributed by atoms with van der Waals surface area (Å²) in [4.78, 5) is 33.0. The van der Waals surface area contributed by atoms with Crippen molar-refractivity contribution in [1.82, 2.24) is 24.3 Å². The Hall–Kier alpha value is -2.97. The van der Waals surface area contributed by atoms with E-state index in [1.54, 1.807) is 10.9 Å². The fourth-order valence-electron chi connectivity index (χ4n) is 5.69. The second-order valence-electron chi connectivity index (χ2n) is 10.3. The zero-order valence-electron chi connectivity index (χ0n) is 20.6. The van der Waals surface area contributed by atoms with E-state index < -0.39 is 5.60 Å². The molecule has 2 aromatic heterocycles. The van der Waals surface area contributed by atoms with E-state index in [1.165, 1.54) is 0 Å². The Kier molecular flexibility index (Phi) is 6.51. The molecule has 2 aliphatic rings. The van der Waals surface area contributed by atoms with Crippen molar-refractivity contribution in [2.45, 2.75) is 57.2 Å². The highest BCUT2D eigenvalue weighted by Gasteiger charge is 2.48. The molecule has 1 aromatic carbocycles. The second-order valence-corrected chi connectivity index (χ2v) is 10.3. The van der Waals surface area contributed by atoms with E-state index in [-0.39, 0.29) is 29.3 Å². The summed E-state index contributed by atoms with van der Waals surface area (Å²) >= 11 is 0. The molecule has 2 saturated heterocycles. The number of hydrogen-bond acceptors (Lipinski definition) is 5. The first-order valence-corrected chi connectivity index (χ1v) is 12.7. The normalized spacial score (nSPS) is 23.8. The predicted octanol–water partition coefficient (Wildman–Crippen LogP) is 2.53. The summed E-state index contributed by atoms with van der Waals surface area (Å²) < 4.78 is 3.72. The van der Waals surface area contributed by atoms with Crippen LogP contribution in [0.1, 0.15) is 50.6 Å². The van der Waals surface area contributed by atoms with Crippen molar-refractivity contribution < 1.29 is 9.90 Å². The molecule has 2 fully saturated rings. The van der Waals surface area contributed by atoms with Crippen molar-refractivity contribution in [3.63, 3.8) is 0 Å². The van der Waals surface area contributed by atoms with Crippen LogP contribution in [-0.2, 0) is 11.3 Å². The van der Waals surface area contributed by atoms with Gasteiger partial charge in [-0.05, 0) is 57.2 Å². The fourth-order valence-corrected chi connectivity index (χ4v) is 5.69. The molecule has 2 aliphatic heterocycles. The number of hydrogen-bond donors (Lipinski definition) is 2. The van der Waals surface area contributed by atoms with Crippen LogP contribution in [0.3, 0.4) is 0 Å². The average molecular weight is 478 g/mol. The van der Waals surface area contributed by atoms with Crippen molar-refractivity contribution in [3.8, 4) is 0 Å². The van der Waals surface area contributed by atoms with Crippen LogP contribution in [0.5, 0.6) is 0 Å². The molecule has 0 spiro atoms. The molecular formula is C27H35N5O3. The Morgan fingerprint density at radius 3 is 2.66 bits per heavy atom. The van der Waals surface area contributed by atoms with E-state index in [1.807, 2.05) is 52.1 Å². The smallest absolute Gasteiger partial charge is 0.262 e. The molecule has 5 rings (SSSR count). The minimum atomic E-state index is -1.39. The first kappa shape index (κ1) is 23.8. The number of carbonyl (C=O) groups is 1. The molecule has 35 heavy (non-hydrogen) atoms. The van der Waals surface area contributed by atoms with Gasteiger partial charge in [0, 0.05) is 44.3 Å². The first-order valence-electron chi connectivity index (χ1n) is 12.7. The van der Waals surface area contributed by atoms with Crippen LogP contribution in [0.4, 0.5) is 0 Å². The van der Waals surface area contributed by atoms with Crippen LogP contribution >= 0.6 is 0 Å². The minimum Gasteiger partial charge on any atom is -0.379 e. The van der Waals surface area contributed by atoms with Crippen LogP contribution in [-0.4, -0.2) is 61.8 Å². The largest absolute Gasteiger partial charge is 0.379 e. The molecule has 8 nitrogen and oxygen atoms in total. The third-order valence-electron chi connectivity index (χ3n) is 7.79. The molecule has 8 heteroatoms. The molecule has 0 unspecified atom stereocenters. The molecule has 2 atom stereocenters. The second kappa shape index (κ2) is 9.59. The summed E-state index contributed by atoms with van der Waals surface area (Å²) in [6.07, 6.45) is 5.58. The maximum absolute atomic E-state index is 13.6. The average Bonchev–Trinajstić information content (AvgIpc) is 3.32. The lowest BCUT2D eigenvalue weighted by Crippen LogP contribution is -2.59. The monoisotopic (exact) mass is 477 g/mol. The van der Waals surface area contributed by atoms with Crippen molar-refractivity contribution in [3.05, 3.63) is 64.8 Å². The zero-order valence-corrected chi connectivity index (χ0v) is 20.6. The van der Waals surface area contributed by atoms with Gasteiger partial charge in [-0.1, -0.05) is 30.3 Å².